The van der Waals surface area contributed by atoms with Gasteiger partial charge in [0.25, 0.3) is 0 Å². The molecule has 0 spiro atoms. The number of rotatable bonds is 6. The molecule has 0 aromatic carbocycles. The first kappa shape index (κ1) is 13.5. The molecular weight excluding hydrogens is 250 g/mol. The second-order valence-electron chi connectivity index (χ2n) is 5.16. The summed E-state index contributed by atoms with van der Waals surface area (Å²) in [6.45, 7) is 2.86. The number of aromatic nitrogens is 3. The van der Waals surface area contributed by atoms with Crippen molar-refractivity contribution >= 4 is 9.84 Å². The van der Waals surface area contributed by atoms with Crippen molar-refractivity contribution in [1.29, 1.82) is 0 Å². The zero-order chi connectivity index (χ0) is 13.0. The first-order chi connectivity index (χ1) is 8.59. The van der Waals surface area contributed by atoms with Gasteiger partial charge in [-0.15, -0.1) is 5.10 Å². The summed E-state index contributed by atoms with van der Waals surface area (Å²) >= 11 is 0. The van der Waals surface area contributed by atoms with Crippen LogP contribution in [-0.2, 0) is 22.8 Å². The molecular formula is C12H21N3O2S. The topological polar surface area (TPSA) is 64.8 Å². The van der Waals surface area contributed by atoms with E-state index < -0.39 is 9.84 Å². The summed E-state index contributed by atoms with van der Waals surface area (Å²) in [6, 6.07) is 0. The Bertz CT molecular complexity index is 481. The molecule has 2 rings (SSSR count). The normalized spacial score (nSPS) is 22.4. The van der Waals surface area contributed by atoms with Crippen LogP contribution in [0.1, 0.15) is 38.3 Å². The maximum absolute atomic E-state index is 11.4. The van der Waals surface area contributed by atoms with Crippen LogP contribution in [0.15, 0.2) is 6.20 Å². The van der Waals surface area contributed by atoms with E-state index in [0.29, 0.717) is 18.1 Å². The summed E-state index contributed by atoms with van der Waals surface area (Å²) in [6.07, 6.45) is 7.25. The van der Waals surface area contributed by atoms with Gasteiger partial charge in [-0.25, -0.2) is 8.42 Å². The van der Waals surface area contributed by atoms with E-state index >= 15 is 0 Å². The molecule has 6 heteroatoms. The van der Waals surface area contributed by atoms with E-state index in [0.717, 1.165) is 25.0 Å². The molecule has 0 radical (unpaired) electrons. The first-order valence-electron chi connectivity index (χ1n) is 6.68. The Morgan fingerprint density at radius 2 is 2.28 bits per heavy atom. The maximum atomic E-state index is 11.4. The van der Waals surface area contributed by atoms with Gasteiger partial charge in [0.1, 0.15) is 0 Å². The average molecular weight is 271 g/mol. The van der Waals surface area contributed by atoms with Crippen LogP contribution in [0.25, 0.3) is 0 Å². The monoisotopic (exact) mass is 271 g/mol. The minimum Gasteiger partial charge on any atom is -0.252 e. The Balaban J connectivity index is 1.83. The molecule has 1 aliphatic heterocycles. The van der Waals surface area contributed by atoms with Crippen molar-refractivity contribution in [2.24, 2.45) is 5.92 Å². The van der Waals surface area contributed by atoms with Gasteiger partial charge < -0.3 is 0 Å². The minimum absolute atomic E-state index is 0.209. The fraction of sp³-hybridized carbons (Fsp3) is 0.833. The van der Waals surface area contributed by atoms with Gasteiger partial charge in [-0.1, -0.05) is 25.0 Å². The van der Waals surface area contributed by atoms with Gasteiger partial charge in [0.05, 0.1) is 17.2 Å². The Kier molecular flexibility index (Phi) is 4.37. The fourth-order valence-electron chi connectivity index (χ4n) is 2.38. The lowest BCUT2D eigenvalue weighted by atomic mass is 10.1. The largest absolute Gasteiger partial charge is 0.252 e. The molecule has 1 saturated heterocycles. The molecule has 0 bridgehead atoms. The molecule has 2 heterocycles. The SMILES string of the molecule is CCCCCc1cn(C[C@@H]2CCS(=O)(=O)C2)nn1. The average Bonchev–Trinajstić information content (AvgIpc) is 2.87. The van der Waals surface area contributed by atoms with Crippen molar-refractivity contribution in [3.05, 3.63) is 11.9 Å². The van der Waals surface area contributed by atoms with Crippen molar-refractivity contribution in [2.75, 3.05) is 11.5 Å². The summed E-state index contributed by atoms with van der Waals surface area (Å²) in [5.74, 6) is 0.841. The molecule has 102 valence electrons. The molecule has 1 aromatic rings. The van der Waals surface area contributed by atoms with Gasteiger partial charge >= 0.3 is 0 Å². The summed E-state index contributed by atoms with van der Waals surface area (Å²) < 4.78 is 24.5. The standard InChI is InChI=1S/C12H21N3O2S/c1-2-3-4-5-12-9-15(14-13-12)8-11-6-7-18(16,17)10-11/h9,11H,2-8,10H2,1H3/t11-/m0/s1. The van der Waals surface area contributed by atoms with Crippen LogP contribution in [0.3, 0.4) is 0 Å². The highest BCUT2D eigenvalue weighted by atomic mass is 32.2. The number of aryl methyl sites for hydroxylation is 1. The van der Waals surface area contributed by atoms with E-state index in [1.54, 1.807) is 4.68 Å². The second-order valence-corrected chi connectivity index (χ2v) is 7.39. The van der Waals surface area contributed by atoms with Gasteiger partial charge in [0, 0.05) is 12.7 Å². The van der Waals surface area contributed by atoms with Crippen molar-refractivity contribution < 1.29 is 8.42 Å². The zero-order valence-corrected chi connectivity index (χ0v) is 11.7. The molecule has 0 amide bonds. The predicted octanol–water partition coefficient (Wildman–Crippen LogP) is 1.45. The quantitative estimate of drug-likeness (QED) is 0.734. The van der Waals surface area contributed by atoms with Gasteiger partial charge in [-0.05, 0) is 25.2 Å². The van der Waals surface area contributed by atoms with Crippen molar-refractivity contribution in [3.63, 3.8) is 0 Å². The van der Waals surface area contributed by atoms with Gasteiger partial charge in [0.15, 0.2) is 9.84 Å². The van der Waals surface area contributed by atoms with Crippen LogP contribution in [0, 0.1) is 5.92 Å². The number of unbranched alkanes of at least 4 members (excludes halogenated alkanes) is 2. The maximum Gasteiger partial charge on any atom is 0.150 e. The van der Waals surface area contributed by atoms with E-state index in [-0.39, 0.29) is 5.92 Å². The lowest BCUT2D eigenvalue weighted by Crippen LogP contribution is -2.12. The highest BCUT2D eigenvalue weighted by molar-refractivity contribution is 7.91. The molecule has 0 aliphatic carbocycles. The van der Waals surface area contributed by atoms with Crippen LogP contribution in [-0.4, -0.2) is 34.9 Å². The number of hydrogen-bond acceptors (Lipinski definition) is 4. The lowest BCUT2D eigenvalue weighted by Gasteiger charge is -2.05. The zero-order valence-electron chi connectivity index (χ0n) is 10.9. The van der Waals surface area contributed by atoms with E-state index in [2.05, 4.69) is 17.2 Å². The van der Waals surface area contributed by atoms with Crippen molar-refractivity contribution in [3.8, 4) is 0 Å². The van der Waals surface area contributed by atoms with Crippen LogP contribution in [0.4, 0.5) is 0 Å². The Morgan fingerprint density at radius 3 is 2.94 bits per heavy atom. The third kappa shape index (κ3) is 3.80. The Labute approximate surface area is 108 Å². The van der Waals surface area contributed by atoms with Gasteiger partial charge in [-0.2, -0.15) is 0 Å². The third-order valence-corrected chi connectivity index (χ3v) is 5.23. The summed E-state index contributed by atoms with van der Waals surface area (Å²) in [5.41, 5.74) is 1.02. The molecule has 18 heavy (non-hydrogen) atoms. The fourth-order valence-corrected chi connectivity index (χ4v) is 4.23. The number of sulfone groups is 1. The van der Waals surface area contributed by atoms with Crippen LogP contribution in [0.2, 0.25) is 0 Å². The lowest BCUT2D eigenvalue weighted by molar-refractivity contribution is 0.448. The van der Waals surface area contributed by atoms with Crippen LogP contribution >= 0.6 is 0 Å². The van der Waals surface area contributed by atoms with E-state index in [1.807, 2.05) is 6.20 Å². The molecule has 0 N–H and O–H groups in total. The molecule has 1 aromatic heterocycles. The summed E-state index contributed by atoms with van der Waals surface area (Å²) in [7, 11) is -2.79. The van der Waals surface area contributed by atoms with E-state index in [1.165, 1.54) is 12.8 Å². The van der Waals surface area contributed by atoms with Crippen LogP contribution in [0.5, 0.6) is 0 Å². The summed E-state index contributed by atoms with van der Waals surface area (Å²) in [5, 5.41) is 8.21. The van der Waals surface area contributed by atoms with Gasteiger partial charge in [0.2, 0.25) is 0 Å². The highest BCUT2D eigenvalue weighted by Gasteiger charge is 2.28. The molecule has 1 fully saturated rings. The van der Waals surface area contributed by atoms with E-state index in [4.69, 9.17) is 0 Å². The Hall–Kier alpha value is -0.910. The summed E-state index contributed by atoms with van der Waals surface area (Å²) in [4.78, 5) is 0. The molecule has 0 saturated carbocycles. The number of hydrogen-bond donors (Lipinski definition) is 0. The van der Waals surface area contributed by atoms with Gasteiger partial charge in [-0.3, -0.25) is 4.68 Å². The predicted molar refractivity (Wildman–Crippen MR) is 70.0 cm³/mol. The van der Waals surface area contributed by atoms with Crippen molar-refractivity contribution in [1.82, 2.24) is 15.0 Å². The van der Waals surface area contributed by atoms with E-state index in [9.17, 15) is 8.42 Å². The molecule has 1 atom stereocenters. The molecule has 1 aliphatic rings. The van der Waals surface area contributed by atoms with Crippen molar-refractivity contribution in [2.45, 2.75) is 45.6 Å². The number of nitrogens with zero attached hydrogens (tertiary/aromatic N) is 3. The van der Waals surface area contributed by atoms with Crippen LogP contribution < -0.4 is 0 Å². The Morgan fingerprint density at radius 1 is 1.44 bits per heavy atom. The molecule has 5 nitrogen and oxygen atoms in total. The third-order valence-electron chi connectivity index (χ3n) is 3.39. The minimum atomic E-state index is -2.79. The molecule has 0 unspecified atom stereocenters. The highest BCUT2D eigenvalue weighted by Crippen LogP contribution is 2.19. The first-order valence-corrected chi connectivity index (χ1v) is 8.50. The second kappa shape index (κ2) is 5.82. The smallest absolute Gasteiger partial charge is 0.150 e.